The van der Waals surface area contributed by atoms with E-state index >= 15 is 0 Å². The van der Waals surface area contributed by atoms with Crippen LogP contribution in [0.1, 0.15) is 57.5 Å². The van der Waals surface area contributed by atoms with Crippen LogP contribution in [-0.4, -0.2) is 28.0 Å². The number of pyridine rings is 1. The summed E-state index contributed by atoms with van der Waals surface area (Å²) in [6.07, 6.45) is 6.57. The van der Waals surface area contributed by atoms with Gasteiger partial charge in [0.1, 0.15) is 5.00 Å². The van der Waals surface area contributed by atoms with E-state index < -0.39 is 5.91 Å². The molecule has 2 N–H and O–H groups in total. The van der Waals surface area contributed by atoms with Gasteiger partial charge in [-0.15, -0.1) is 11.3 Å². The van der Waals surface area contributed by atoms with Crippen LogP contribution in [0.15, 0.2) is 24.4 Å². The number of anilines is 1. The SMILES string of the molecule is CCCNC(=O)c1c(NC(=O)c2nn3ccccc3c2Cl)sc2c1CCCC2. The van der Waals surface area contributed by atoms with Gasteiger partial charge in [-0.1, -0.05) is 24.6 Å². The van der Waals surface area contributed by atoms with Crippen molar-refractivity contribution in [3.8, 4) is 0 Å². The lowest BCUT2D eigenvalue weighted by atomic mass is 9.95. The molecular weight excluding hydrogens is 396 g/mol. The van der Waals surface area contributed by atoms with E-state index in [0.717, 1.165) is 37.7 Å². The van der Waals surface area contributed by atoms with Crippen LogP contribution in [0.5, 0.6) is 0 Å². The standard InChI is InChI=1S/C20H21ClN4O2S/c1-2-10-22-18(26)15-12-7-3-4-9-14(12)28-20(15)23-19(27)17-16(21)13-8-5-6-11-25(13)24-17/h5-6,8,11H,2-4,7,9-10H2,1H3,(H,22,26)(H,23,27). The molecule has 28 heavy (non-hydrogen) atoms. The van der Waals surface area contributed by atoms with Crippen molar-refractivity contribution in [2.75, 3.05) is 11.9 Å². The highest BCUT2D eigenvalue weighted by Gasteiger charge is 2.27. The summed E-state index contributed by atoms with van der Waals surface area (Å²) < 4.78 is 1.57. The fraction of sp³-hybridized carbons (Fsp3) is 0.350. The number of nitrogens with zero attached hydrogens (tertiary/aromatic N) is 2. The molecule has 0 bridgehead atoms. The molecule has 1 aliphatic carbocycles. The highest BCUT2D eigenvalue weighted by Crippen LogP contribution is 2.38. The number of amides is 2. The van der Waals surface area contributed by atoms with Crippen molar-refractivity contribution in [3.63, 3.8) is 0 Å². The second-order valence-electron chi connectivity index (χ2n) is 6.82. The molecule has 3 heterocycles. The van der Waals surface area contributed by atoms with E-state index in [-0.39, 0.29) is 11.6 Å². The van der Waals surface area contributed by atoms with Crippen LogP contribution in [0.25, 0.3) is 5.52 Å². The van der Waals surface area contributed by atoms with Gasteiger partial charge in [0.05, 0.1) is 16.1 Å². The Kier molecular flexibility index (Phi) is 5.37. The predicted octanol–water partition coefficient (Wildman–Crippen LogP) is 4.32. The third-order valence-electron chi connectivity index (χ3n) is 4.86. The summed E-state index contributed by atoms with van der Waals surface area (Å²) in [5, 5.41) is 11.0. The quantitative estimate of drug-likeness (QED) is 0.650. The Balaban J connectivity index is 1.68. The third-order valence-corrected chi connectivity index (χ3v) is 6.44. The lowest BCUT2D eigenvalue weighted by molar-refractivity contribution is 0.0954. The zero-order chi connectivity index (χ0) is 19.7. The van der Waals surface area contributed by atoms with Crippen molar-refractivity contribution in [2.24, 2.45) is 0 Å². The van der Waals surface area contributed by atoms with Gasteiger partial charge < -0.3 is 10.6 Å². The number of hydrogen-bond acceptors (Lipinski definition) is 4. The molecule has 0 fully saturated rings. The number of aryl methyl sites for hydroxylation is 1. The van der Waals surface area contributed by atoms with Gasteiger partial charge in [0.15, 0.2) is 5.69 Å². The largest absolute Gasteiger partial charge is 0.352 e. The summed E-state index contributed by atoms with van der Waals surface area (Å²) in [5.74, 6) is -0.533. The van der Waals surface area contributed by atoms with Gasteiger partial charge >= 0.3 is 0 Å². The van der Waals surface area contributed by atoms with Crippen molar-refractivity contribution in [2.45, 2.75) is 39.0 Å². The maximum absolute atomic E-state index is 12.9. The minimum atomic E-state index is -0.406. The number of aromatic nitrogens is 2. The van der Waals surface area contributed by atoms with E-state index in [4.69, 9.17) is 11.6 Å². The predicted molar refractivity (Wildman–Crippen MR) is 112 cm³/mol. The summed E-state index contributed by atoms with van der Waals surface area (Å²) in [7, 11) is 0. The number of hydrogen-bond donors (Lipinski definition) is 2. The number of rotatable bonds is 5. The van der Waals surface area contributed by atoms with E-state index in [1.54, 1.807) is 16.8 Å². The average Bonchev–Trinajstić information content (AvgIpc) is 3.24. The first-order valence-corrected chi connectivity index (χ1v) is 10.7. The number of fused-ring (bicyclic) bond motifs is 2. The third kappa shape index (κ3) is 3.40. The summed E-state index contributed by atoms with van der Waals surface area (Å²) in [5.41, 5.74) is 2.49. The van der Waals surface area contributed by atoms with Crippen LogP contribution >= 0.6 is 22.9 Å². The van der Waals surface area contributed by atoms with Crippen LogP contribution in [0.4, 0.5) is 5.00 Å². The first-order valence-electron chi connectivity index (χ1n) is 9.47. The molecular formula is C20H21ClN4O2S. The van der Waals surface area contributed by atoms with Gasteiger partial charge in [-0.2, -0.15) is 5.10 Å². The minimum absolute atomic E-state index is 0.127. The zero-order valence-electron chi connectivity index (χ0n) is 15.5. The molecule has 6 nitrogen and oxygen atoms in total. The van der Waals surface area contributed by atoms with Crippen LogP contribution in [0.3, 0.4) is 0 Å². The zero-order valence-corrected chi connectivity index (χ0v) is 17.1. The average molecular weight is 417 g/mol. The highest BCUT2D eigenvalue weighted by molar-refractivity contribution is 7.17. The molecule has 3 aromatic rings. The first kappa shape index (κ1) is 19.0. The Morgan fingerprint density at radius 2 is 2.07 bits per heavy atom. The number of carbonyl (C=O) groups is 2. The van der Waals surface area contributed by atoms with Crippen LogP contribution < -0.4 is 10.6 Å². The maximum atomic E-state index is 12.9. The molecule has 0 spiro atoms. The Morgan fingerprint density at radius 1 is 1.25 bits per heavy atom. The molecule has 146 valence electrons. The Hall–Kier alpha value is -2.38. The van der Waals surface area contributed by atoms with Crippen molar-refractivity contribution < 1.29 is 9.59 Å². The summed E-state index contributed by atoms with van der Waals surface area (Å²) in [4.78, 5) is 26.9. The van der Waals surface area contributed by atoms with E-state index in [9.17, 15) is 9.59 Å². The highest BCUT2D eigenvalue weighted by atomic mass is 35.5. The number of nitrogens with one attached hydrogen (secondary N) is 2. The van der Waals surface area contributed by atoms with Gasteiger partial charge in [-0.25, -0.2) is 4.52 Å². The molecule has 3 aromatic heterocycles. The van der Waals surface area contributed by atoms with E-state index in [1.165, 1.54) is 16.2 Å². The number of halogens is 1. The Morgan fingerprint density at radius 3 is 2.86 bits per heavy atom. The second kappa shape index (κ2) is 7.93. The molecule has 2 amide bonds. The monoisotopic (exact) mass is 416 g/mol. The molecule has 0 radical (unpaired) electrons. The summed E-state index contributed by atoms with van der Waals surface area (Å²) in [6, 6.07) is 5.47. The fourth-order valence-corrected chi connectivity index (χ4v) is 5.05. The molecule has 1 aliphatic rings. The van der Waals surface area contributed by atoms with Gasteiger partial charge in [-0.3, -0.25) is 9.59 Å². The Bertz CT molecular complexity index is 1060. The molecule has 0 saturated carbocycles. The topological polar surface area (TPSA) is 75.5 Å². The molecule has 0 atom stereocenters. The first-order chi connectivity index (χ1) is 13.6. The molecule has 0 aliphatic heterocycles. The normalized spacial score (nSPS) is 13.4. The van der Waals surface area contributed by atoms with Crippen molar-refractivity contribution >= 4 is 45.3 Å². The number of thiophene rings is 1. The van der Waals surface area contributed by atoms with Crippen molar-refractivity contribution in [1.82, 2.24) is 14.9 Å². The van der Waals surface area contributed by atoms with Gasteiger partial charge in [0.25, 0.3) is 11.8 Å². The van der Waals surface area contributed by atoms with Gasteiger partial charge in [0.2, 0.25) is 0 Å². The second-order valence-corrected chi connectivity index (χ2v) is 8.30. The molecule has 8 heteroatoms. The lowest BCUT2D eigenvalue weighted by Crippen LogP contribution is -2.26. The fourth-order valence-electron chi connectivity index (χ4n) is 3.50. The van der Waals surface area contributed by atoms with Gasteiger partial charge in [0, 0.05) is 17.6 Å². The van der Waals surface area contributed by atoms with E-state index in [2.05, 4.69) is 15.7 Å². The minimum Gasteiger partial charge on any atom is -0.352 e. The molecule has 0 saturated heterocycles. The lowest BCUT2D eigenvalue weighted by Gasteiger charge is -2.13. The van der Waals surface area contributed by atoms with Crippen molar-refractivity contribution in [3.05, 3.63) is 51.1 Å². The molecule has 0 unspecified atom stereocenters. The number of carbonyl (C=O) groups excluding carboxylic acids is 2. The van der Waals surface area contributed by atoms with Crippen LogP contribution in [0, 0.1) is 0 Å². The van der Waals surface area contributed by atoms with E-state index in [0.29, 0.717) is 27.6 Å². The molecule has 0 aromatic carbocycles. The summed E-state index contributed by atoms with van der Waals surface area (Å²) >= 11 is 7.86. The Labute approximate surface area is 171 Å². The van der Waals surface area contributed by atoms with Crippen molar-refractivity contribution in [1.29, 1.82) is 0 Å². The van der Waals surface area contributed by atoms with E-state index in [1.807, 2.05) is 19.1 Å². The van der Waals surface area contributed by atoms with Gasteiger partial charge in [-0.05, 0) is 49.8 Å². The summed E-state index contributed by atoms with van der Waals surface area (Å²) in [6.45, 7) is 2.62. The smallest absolute Gasteiger partial charge is 0.278 e. The van der Waals surface area contributed by atoms with Crippen LogP contribution in [0.2, 0.25) is 5.02 Å². The van der Waals surface area contributed by atoms with Crippen LogP contribution in [-0.2, 0) is 12.8 Å². The maximum Gasteiger partial charge on any atom is 0.278 e. The molecule has 4 rings (SSSR count).